The Balaban J connectivity index is 1.50. The van der Waals surface area contributed by atoms with E-state index in [-0.39, 0.29) is 18.8 Å². The Morgan fingerprint density at radius 2 is 1.94 bits per heavy atom. The summed E-state index contributed by atoms with van der Waals surface area (Å²) in [7, 11) is 0. The maximum Gasteiger partial charge on any atom is 0.267 e. The van der Waals surface area contributed by atoms with E-state index in [0.29, 0.717) is 28.3 Å². The first-order valence-electron chi connectivity index (χ1n) is 11.4. The molecule has 1 aliphatic heterocycles. The van der Waals surface area contributed by atoms with Crippen LogP contribution in [0.3, 0.4) is 0 Å². The molecule has 0 bridgehead atoms. The Bertz CT molecular complexity index is 1460. The van der Waals surface area contributed by atoms with E-state index in [0.717, 1.165) is 10.9 Å². The minimum Gasteiger partial charge on any atom is -0.489 e. The van der Waals surface area contributed by atoms with Crippen LogP contribution < -0.4 is 15.8 Å². The van der Waals surface area contributed by atoms with Gasteiger partial charge < -0.3 is 25.9 Å². The molecule has 2 aromatic carbocycles. The van der Waals surface area contributed by atoms with Gasteiger partial charge in [-0.2, -0.15) is 0 Å². The van der Waals surface area contributed by atoms with E-state index in [1.807, 2.05) is 24.3 Å². The van der Waals surface area contributed by atoms with Crippen molar-refractivity contribution >= 4 is 22.7 Å². The van der Waals surface area contributed by atoms with Crippen molar-refractivity contribution in [3.8, 4) is 17.0 Å². The Hall–Kier alpha value is -4.24. The predicted molar refractivity (Wildman–Crippen MR) is 132 cm³/mol. The number of halogens is 1. The van der Waals surface area contributed by atoms with Crippen LogP contribution in [0.4, 0.5) is 4.39 Å². The molecule has 2 atom stereocenters. The third kappa shape index (κ3) is 3.97. The van der Waals surface area contributed by atoms with Crippen molar-refractivity contribution in [3.05, 3.63) is 83.4 Å². The van der Waals surface area contributed by atoms with Crippen LogP contribution in [0.5, 0.6) is 5.75 Å². The van der Waals surface area contributed by atoms with Crippen LogP contribution in [0.15, 0.2) is 60.7 Å². The average Bonchev–Trinajstić information content (AvgIpc) is 3.45. The van der Waals surface area contributed by atoms with Gasteiger partial charge in [0.1, 0.15) is 40.6 Å². The Kier molecular flexibility index (Phi) is 5.52. The number of nitrogens with two attached hydrogens (primary N) is 1. The fraction of sp³-hybridized carbons (Fsp3) is 0.222. The molecule has 9 heteroatoms. The van der Waals surface area contributed by atoms with Crippen LogP contribution in [0, 0.1) is 5.82 Å². The predicted octanol–water partition coefficient (Wildman–Crippen LogP) is 3.14. The molecule has 0 fully saturated rings. The average molecular weight is 489 g/mol. The number of aromatic amines is 1. The normalized spacial score (nSPS) is 18.3. The van der Waals surface area contributed by atoms with Gasteiger partial charge in [0.25, 0.3) is 5.91 Å². The smallest absolute Gasteiger partial charge is 0.267 e. The molecular weight excluding hydrogens is 463 g/mol. The van der Waals surface area contributed by atoms with E-state index in [9.17, 15) is 19.1 Å². The number of rotatable bonds is 6. The maximum atomic E-state index is 13.6. The van der Waals surface area contributed by atoms with Gasteiger partial charge in [0, 0.05) is 22.0 Å². The van der Waals surface area contributed by atoms with E-state index >= 15 is 0 Å². The second kappa shape index (κ2) is 8.46. The molecule has 4 aromatic rings. The lowest BCUT2D eigenvalue weighted by molar-refractivity contribution is -0.123. The van der Waals surface area contributed by atoms with Crippen LogP contribution in [0.25, 0.3) is 22.2 Å². The van der Waals surface area contributed by atoms with E-state index in [4.69, 9.17) is 10.5 Å². The Morgan fingerprint density at radius 3 is 2.64 bits per heavy atom. The minimum atomic E-state index is -1.62. The summed E-state index contributed by atoms with van der Waals surface area (Å²) >= 11 is 0. The van der Waals surface area contributed by atoms with Crippen molar-refractivity contribution in [2.24, 2.45) is 5.73 Å². The molecule has 184 valence electrons. The van der Waals surface area contributed by atoms with Crippen LogP contribution >= 0.6 is 0 Å². The summed E-state index contributed by atoms with van der Waals surface area (Å²) in [4.78, 5) is 32.8. The first-order chi connectivity index (χ1) is 17.1. The van der Waals surface area contributed by atoms with Gasteiger partial charge in [-0.1, -0.05) is 18.2 Å². The molecule has 36 heavy (non-hydrogen) atoms. The lowest BCUT2D eigenvalue weighted by Crippen LogP contribution is -2.41. The summed E-state index contributed by atoms with van der Waals surface area (Å²) in [5.41, 5.74) is 5.68. The number of carbonyl (C=O) groups excluding carboxylic acids is 2. The molecule has 0 unspecified atom stereocenters. The molecule has 2 amide bonds. The monoisotopic (exact) mass is 488 g/mol. The van der Waals surface area contributed by atoms with Crippen molar-refractivity contribution in [3.63, 3.8) is 0 Å². The zero-order valence-electron chi connectivity index (χ0n) is 19.8. The number of benzene rings is 2. The molecule has 2 aromatic heterocycles. The highest BCUT2D eigenvalue weighted by Crippen LogP contribution is 2.45. The van der Waals surface area contributed by atoms with Crippen molar-refractivity contribution < 1.29 is 23.8 Å². The van der Waals surface area contributed by atoms with Gasteiger partial charge in [-0.05, 0) is 56.3 Å². The van der Waals surface area contributed by atoms with Crippen LogP contribution in [0.2, 0.25) is 0 Å². The second-order valence-corrected chi connectivity index (χ2v) is 9.45. The molecule has 5 N–H and O–H groups in total. The number of hydrogen-bond acceptors (Lipinski definition) is 5. The fourth-order valence-electron chi connectivity index (χ4n) is 4.30. The third-order valence-electron chi connectivity index (χ3n) is 6.65. The molecule has 1 aliphatic rings. The van der Waals surface area contributed by atoms with Gasteiger partial charge in [-0.25, -0.2) is 9.37 Å². The number of H-pyrrole nitrogens is 1. The number of hydrogen-bond donors (Lipinski definition) is 4. The fourth-order valence-corrected chi connectivity index (χ4v) is 4.30. The molecule has 0 spiro atoms. The lowest BCUT2D eigenvalue weighted by atomic mass is 9.82. The molecule has 0 radical (unpaired) electrons. The van der Waals surface area contributed by atoms with Gasteiger partial charge in [0.05, 0.1) is 12.2 Å². The SMILES string of the molecule is C[C@](O)(CNC(=O)c1cc2ccccc2[nH]1)c1cc2c(c(-c3ccc(F)cc3)n1)OC[C@]2(C)C(N)=O. The molecule has 0 saturated carbocycles. The summed E-state index contributed by atoms with van der Waals surface area (Å²) < 4.78 is 19.4. The van der Waals surface area contributed by atoms with E-state index in [2.05, 4.69) is 15.3 Å². The number of ether oxygens (including phenoxy) is 1. The van der Waals surface area contributed by atoms with Crippen LogP contribution in [-0.4, -0.2) is 40.0 Å². The number of carbonyl (C=O) groups is 2. The number of nitrogens with one attached hydrogen (secondary N) is 2. The topological polar surface area (TPSA) is 130 Å². The largest absolute Gasteiger partial charge is 0.489 e. The highest BCUT2D eigenvalue weighted by molar-refractivity contribution is 5.98. The summed E-state index contributed by atoms with van der Waals surface area (Å²) in [6, 6.07) is 16.5. The van der Waals surface area contributed by atoms with E-state index in [1.165, 1.54) is 31.2 Å². The number of nitrogens with zero attached hydrogens (tertiary/aromatic N) is 1. The summed E-state index contributed by atoms with van der Waals surface area (Å²) in [5.74, 6) is -1.04. The quantitative estimate of drug-likeness (QED) is 0.331. The number of primary amides is 1. The highest BCUT2D eigenvalue weighted by Gasteiger charge is 2.45. The number of amides is 2. The van der Waals surface area contributed by atoms with Gasteiger partial charge in [-0.3, -0.25) is 9.59 Å². The number of pyridine rings is 1. The van der Waals surface area contributed by atoms with Crippen molar-refractivity contribution in [1.29, 1.82) is 0 Å². The molecule has 3 heterocycles. The highest BCUT2D eigenvalue weighted by atomic mass is 19.1. The lowest BCUT2D eigenvalue weighted by Gasteiger charge is -2.26. The summed E-state index contributed by atoms with van der Waals surface area (Å²) in [6.07, 6.45) is 0. The van der Waals surface area contributed by atoms with E-state index in [1.54, 1.807) is 19.1 Å². The van der Waals surface area contributed by atoms with Crippen molar-refractivity contribution in [2.75, 3.05) is 13.2 Å². The molecule has 0 saturated heterocycles. The summed E-state index contributed by atoms with van der Waals surface area (Å²) in [6.45, 7) is 3.02. The van der Waals surface area contributed by atoms with Crippen molar-refractivity contribution in [1.82, 2.24) is 15.3 Å². The molecular formula is C27H25FN4O4. The first-order valence-corrected chi connectivity index (χ1v) is 11.4. The van der Waals surface area contributed by atoms with Crippen molar-refractivity contribution in [2.45, 2.75) is 24.9 Å². The van der Waals surface area contributed by atoms with Gasteiger partial charge >= 0.3 is 0 Å². The van der Waals surface area contributed by atoms with Crippen LogP contribution in [0.1, 0.15) is 35.6 Å². The Labute approximate surface area is 206 Å². The molecule has 5 rings (SSSR count). The number of aliphatic hydroxyl groups is 1. The zero-order valence-corrected chi connectivity index (χ0v) is 19.8. The number of fused-ring (bicyclic) bond motifs is 2. The van der Waals surface area contributed by atoms with Gasteiger partial charge in [-0.15, -0.1) is 0 Å². The number of para-hydroxylation sites is 1. The zero-order chi connectivity index (χ0) is 25.7. The standard InChI is InChI=1S/C27H25FN4O4/c1-26(25(29)34)14-36-23-18(26)12-21(32-22(23)15-7-9-17(28)10-8-15)27(2,35)13-30-24(33)20-11-16-5-3-4-6-19(16)31-20/h3-12,31,35H,13-14H2,1-2H3,(H2,29,34)(H,30,33)/t26-,27-/m0/s1. The Morgan fingerprint density at radius 1 is 1.22 bits per heavy atom. The molecule has 0 aliphatic carbocycles. The third-order valence-corrected chi connectivity index (χ3v) is 6.65. The molecule has 8 nitrogen and oxygen atoms in total. The van der Waals surface area contributed by atoms with E-state index < -0.39 is 28.6 Å². The minimum absolute atomic E-state index is 0.0102. The van der Waals surface area contributed by atoms with Crippen LogP contribution in [-0.2, 0) is 15.8 Å². The number of aromatic nitrogens is 2. The summed E-state index contributed by atoms with van der Waals surface area (Å²) in [5, 5.41) is 15.0. The van der Waals surface area contributed by atoms with Gasteiger partial charge in [0.15, 0.2) is 0 Å². The first kappa shape index (κ1) is 23.5. The maximum absolute atomic E-state index is 13.6. The van der Waals surface area contributed by atoms with Gasteiger partial charge in [0.2, 0.25) is 5.91 Å². The second-order valence-electron chi connectivity index (χ2n) is 9.45.